The van der Waals surface area contributed by atoms with Crippen LogP contribution in [0.25, 0.3) is 5.69 Å². The second kappa shape index (κ2) is 11.3. The van der Waals surface area contributed by atoms with Crippen molar-refractivity contribution in [1.29, 1.82) is 0 Å². The van der Waals surface area contributed by atoms with Gasteiger partial charge in [-0.2, -0.15) is 0 Å². The second-order valence-electron chi connectivity index (χ2n) is 10.3. The van der Waals surface area contributed by atoms with Crippen molar-refractivity contribution in [3.8, 4) is 5.69 Å². The fourth-order valence-corrected chi connectivity index (χ4v) is 6.16. The normalized spacial score (nSPS) is 12.8. The first-order chi connectivity index (χ1) is 18.3. The summed E-state index contributed by atoms with van der Waals surface area (Å²) in [5.41, 5.74) is 3.72. The number of nitrogens with one attached hydrogen (secondary N) is 1. The molecule has 0 saturated heterocycles. The van der Waals surface area contributed by atoms with Crippen molar-refractivity contribution < 1.29 is 13.3 Å². The zero-order valence-electron chi connectivity index (χ0n) is 22.5. The van der Waals surface area contributed by atoms with Gasteiger partial charge in [-0.3, -0.25) is 14.7 Å². The zero-order chi connectivity index (χ0) is 28.4. The minimum Gasteiger partial charge on any atom is -0.273 e. The standard InChI is InChI=1S/C28H31N5O4S2/c1-19-7-6-8-21(17-19)18-38-27-30-29-26(32(27)23-11-13-24(14-12-23)33(34)35)20(2)31-39(36,37)25-15-9-22(10-16-25)28(3,4)5/h6-17,20,31H,18H2,1-5H3. The van der Waals surface area contributed by atoms with Crippen molar-refractivity contribution in [2.24, 2.45) is 0 Å². The molecule has 9 nitrogen and oxygen atoms in total. The Hall–Kier alpha value is -3.54. The summed E-state index contributed by atoms with van der Waals surface area (Å²) >= 11 is 1.45. The number of hydrogen-bond donors (Lipinski definition) is 1. The van der Waals surface area contributed by atoms with Crippen LogP contribution in [0.4, 0.5) is 5.69 Å². The van der Waals surface area contributed by atoms with Crippen LogP contribution in [0.15, 0.2) is 82.8 Å². The van der Waals surface area contributed by atoms with E-state index >= 15 is 0 Å². The molecule has 0 fully saturated rings. The number of benzene rings is 3. The lowest BCUT2D eigenvalue weighted by Crippen LogP contribution is -2.29. The van der Waals surface area contributed by atoms with E-state index in [2.05, 4.69) is 41.8 Å². The molecule has 3 aromatic carbocycles. The van der Waals surface area contributed by atoms with Gasteiger partial charge in [0.2, 0.25) is 10.0 Å². The van der Waals surface area contributed by atoms with Gasteiger partial charge in [-0.25, -0.2) is 13.1 Å². The first-order valence-corrected chi connectivity index (χ1v) is 14.8. The Morgan fingerprint density at radius 3 is 2.28 bits per heavy atom. The van der Waals surface area contributed by atoms with Gasteiger partial charge in [0.25, 0.3) is 5.69 Å². The highest BCUT2D eigenvalue weighted by Gasteiger charge is 2.25. The summed E-state index contributed by atoms with van der Waals surface area (Å²) in [6.07, 6.45) is 0. The van der Waals surface area contributed by atoms with Crippen molar-refractivity contribution in [1.82, 2.24) is 19.5 Å². The SMILES string of the molecule is Cc1cccc(CSc2nnc(C(C)NS(=O)(=O)c3ccc(C(C)(C)C)cc3)n2-c2ccc([N+](=O)[O-])cc2)c1. The van der Waals surface area contributed by atoms with E-state index in [9.17, 15) is 18.5 Å². The largest absolute Gasteiger partial charge is 0.273 e. The fourth-order valence-electron chi connectivity index (χ4n) is 4.06. The third-order valence-corrected chi connectivity index (χ3v) is 8.73. The molecule has 1 heterocycles. The molecule has 204 valence electrons. The van der Waals surface area contributed by atoms with Crippen molar-refractivity contribution in [2.75, 3.05) is 0 Å². The number of aryl methyl sites for hydroxylation is 1. The molecule has 4 rings (SSSR count). The molecule has 39 heavy (non-hydrogen) atoms. The summed E-state index contributed by atoms with van der Waals surface area (Å²) in [5.74, 6) is 0.984. The van der Waals surface area contributed by atoms with Crippen LogP contribution in [-0.4, -0.2) is 28.1 Å². The van der Waals surface area contributed by atoms with Gasteiger partial charge in [-0.05, 0) is 54.7 Å². The smallest absolute Gasteiger partial charge is 0.269 e. The van der Waals surface area contributed by atoms with E-state index in [4.69, 9.17) is 0 Å². The van der Waals surface area contributed by atoms with Gasteiger partial charge < -0.3 is 0 Å². The molecule has 1 atom stereocenters. The Kier molecular flexibility index (Phi) is 8.24. The third kappa shape index (κ3) is 6.73. The summed E-state index contributed by atoms with van der Waals surface area (Å²) < 4.78 is 30.9. The van der Waals surface area contributed by atoms with E-state index in [-0.39, 0.29) is 16.0 Å². The topological polar surface area (TPSA) is 120 Å². The number of thioether (sulfide) groups is 1. The van der Waals surface area contributed by atoms with Crippen molar-refractivity contribution in [2.45, 2.75) is 61.9 Å². The predicted octanol–water partition coefficient (Wildman–Crippen LogP) is 6.11. The van der Waals surface area contributed by atoms with Crippen molar-refractivity contribution >= 4 is 27.5 Å². The Labute approximate surface area is 232 Å². The Morgan fingerprint density at radius 1 is 1.03 bits per heavy atom. The summed E-state index contributed by atoms with van der Waals surface area (Å²) in [7, 11) is -3.86. The average Bonchev–Trinajstić information content (AvgIpc) is 3.31. The first kappa shape index (κ1) is 28.5. The van der Waals surface area contributed by atoms with Gasteiger partial charge in [-0.1, -0.05) is 74.5 Å². The minimum absolute atomic E-state index is 0.0465. The van der Waals surface area contributed by atoms with Crippen LogP contribution >= 0.6 is 11.8 Å². The van der Waals surface area contributed by atoms with Gasteiger partial charge in [0.15, 0.2) is 11.0 Å². The number of non-ortho nitro benzene ring substituents is 1. The number of nitro groups is 1. The maximum atomic E-state index is 13.2. The molecule has 1 aromatic heterocycles. The summed E-state index contributed by atoms with van der Waals surface area (Å²) in [5, 5.41) is 20.4. The molecule has 4 aromatic rings. The zero-order valence-corrected chi connectivity index (χ0v) is 24.1. The number of rotatable bonds is 9. The Balaban J connectivity index is 1.66. The molecule has 0 aliphatic rings. The van der Waals surface area contributed by atoms with Crippen LogP contribution < -0.4 is 4.72 Å². The lowest BCUT2D eigenvalue weighted by molar-refractivity contribution is -0.384. The maximum absolute atomic E-state index is 13.2. The van der Waals surface area contributed by atoms with Gasteiger partial charge >= 0.3 is 0 Å². The number of sulfonamides is 1. The van der Waals surface area contributed by atoms with Crippen molar-refractivity contribution in [3.63, 3.8) is 0 Å². The molecule has 0 aliphatic heterocycles. The number of nitrogens with zero attached hydrogens (tertiary/aromatic N) is 4. The lowest BCUT2D eigenvalue weighted by atomic mass is 9.87. The van der Waals surface area contributed by atoms with E-state index in [0.717, 1.165) is 16.7 Å². The molecular weight excluding hydrogens is 534 g/mol. The average molecular weight is 566 g/mol. The quantitative estimate of drug-likeness (QED) is 0.148. The maximum Gasteiger partial charge on any atom is 0.269 e. The molecular formula is C28H31N5O4S2. The van der Waals surface area contributed by atoms with Crippen LogP contribution in [-0.2, 0) is 21.2 Å². The van der Waals surface area contributed by atoms with Gasteiger partial charge in [0.1, 0.15) is 0 Å². The molecule has 0 aliphatic carbocycles. The predicted molar refractivity (Wildman–Crippen MR) is 153 cm³/mol. The molecule has 0 bridgehead atoms. The van der Waals surface area contributed by atoms with Crippen LogP contribution in [0.3, 0.4) is 0 Å². The molecule has 0 radical (unpaired) electrons. The highest BCUT2D eigenvalue weighted by atomic mass is 32.2. The minimum atomic E-state index is -3.86. The van der Waals surface area contributed by atoms with Gasteiger partial charge in [-0.15, -0.1) is 10.2 Å². The summed E-state index contributed by atoms with van der Waals surface area (Å²) in [6.45, 7) is 9.92. The number of aromatic nitrogens is 3. The fraction of sp³-hybridized carbons (Fsp3) is 0.286. The van der Waals surface area contributed by atoms with Gasteiger partial charge in [0.05, 0.1) is 15.9 Å². The number of hydrogen-bond acceptors (Lipinski definition) is 7. The summed E-state index contributed by atoms with van der Waals surface area (Å²) in [6, 6.07) is 20.2. The molecule has 0 spiro atoms. The Morgan fingerprint density at radius 2 is 1.69 bits per heavy atom. The second-order valence-corrected chi connectivity index (χ2v) is 13.0. The first-order valence-electron chi connectivity index (χ1n) is 12.4. The third-order valence-electron chi connectivity index (χ3n) is 6.18. The van der Waals surface area contributed by atoms with Crippen LogP contribution in [0.5, 0.6) is 0 Å². The van der Waals surface area contributed by atoms with E-state index in [1.165, 1.54) is 23.9 Å². The van der Waals surface area contributed by atoms with E-state index in [0.29, 0.717) is 22.4 Å². The molecule has 1 unspecified atom stereocenters. The highest BCUT2D eigenvalue weighted by Crippen LogP contribution is 2.30. The lowest BCUT2D eigenvalue weighted by Gasteiger charge is -2.20. The molecule has 0 amide bonds. The van der Waals surface area contributed by atoms with E-state index < -0.39 is 21.0 Å². The summed E-state index contributed by atoms with van der Waals surface area (Å²) in [4.78, 5) is 10.9. The molecule has 0 saturated carbocycles. The van der Waals surface area contributed by atoms with E-state index in [1.807, 2.05) is 37.3 Å². The van der Waals surface area contributed by atoms with Gasteiger partial charge in [0, 0.05) is 23.6 Å². The molecule has 1 N–H and O–H groups in total. The Bertz CT molecular complexity index is 1580. The van der Waals surface area contributed by atoms with E-state index in [1.54, 1.807) is 35.8 Å². The van der Waals surface area contributed by atoms with Crippen molar-refractivity contribution in [3.05, 3.63) is 105 Å². The van der Waals surface area contributed by atoms with Crippen LogP contribution in [0, 0.1) is 17.0 Å². The molecule has 11 heteroatoms. The monoisotopic (exact) mass is 565 g/mol. The highest BCUT2D eigenvalue weighted by molar-refractivity contribution is 7.98. The van der Waals surface area contributed by atoms with Crippen LogP contribution in [0.2, 0.25) is 0 Å². The van der Waals surface area contributed by atoms with Crippen LogP contribution in [0.1, 0.15) is 56.3 Å². The number of nitro benzene ring substituents is 1.